The number of thioether (sulfide) groups is 1. The number of nitrogens with zero attached hydrogens (tertiary/aromatic N) is 4. The maximum Gasteiger partial charge on any atom is 0.233 e. The molecule has 0 atom stereocenters. The van der Waals surface area contributed by atoms with Gasteiger partial charge in [0.15, 0.2) is 5.82 Å². The number of hydrogen-bond donors (Lipinski definition) is 1. The molecule has 2 N–H and O–H groups in total. The first-order valence-electron chi connectivity index (χ1n) is 7.63. The van der Waals surface area contributed by atoms with Crippen molar-refractivity contribution in [3.8, 4) is 11.4 Å². The van der Waals surface area contributed by atoms with Gasteiger partial charge in [-0.1, -0.05) is 35.0 Å². The summed E-state index contributed by atoms with van der Waals surface area (Å²) in [4.78, 5) is 14.1. The highest BCUT2D eigenvalue weighted by atomic mass is 35.5. The molecule has 0 unspecified atom stereocenters. The van der Waals surface area contributed by atoms with Crippen LogP contribution in [0, 0.1) is 0 Å². The fraction of sp³-hybridized carbons (Fsp3) is 0.400. The Morgan fingerprint density at radius 3 is 2.71 bits per heavy atom. The lowest BCUT2D eigenvalue weighted by atomic mass is 10.1. The minimum atomic E-state index is 0.102. The molecule has 128 valence electrons. The number of amides is 1. The highest BCUT2D eigenvalue weighted by Crippen LogP contribution is 2.30. The van der Waals surface area contributed by atoms with Gasteiger partial charge in [0.2, 0.25) is 11.1 Å². The van der Waals surface area contributed by atoms with Gasteiger partial charge < -0.3 is 10.7 Å². The zero-order valence-electron chi connectivity index (χ0n) is 12.9. The van der Waals surface area contributed by atoms with E-state index in [0.29, 0.717) is 32.3 Å². The molecule has 0 bridgehead atoms. The van der Waals surface area contributed by atoms with Crippen LogP contribution in [0.2, 0.25) is 10.0 Å². The van der Waals surface area contributed by atoms with E-state index < -0.39 is 0 Å². The largest absolute Gasteiger partial charge is 0.342 e. The molecule has 0 saturated carbocycles. The van der Waals surface area contributed by atoms with Crippen LogP contribution in [0.4, 0.5) is 0 Å². The van der Waals surface area contributed by atoms with Crippen LogP contribution in [0.15, 0.2) is 23.4 Å². The smallest absolute Gasteiger partial charge is 0.233 e. The van der Waals surface area contributed by atoms with Gasteiger partial charge in [0, 0.05) is 23.7 Å². The molecule has 1 aliphatic heterocycles. The average Bonchev–Trinajstić information content (AvgIpc) is 2.96. The predicted molar refractivity (Wildman–Crippen MR) is 96.8 cm³/mol. The van der Waals surface area contributed by atoms with Crippen LogP contribution < -0.4 is 5.84 Å². The average molecular weight is 386 g/mol. The Bertz CT molecular complexity index is 745. The van der Waals surface area contributed by atoms with Crippen molar-refractivity contribution >= 4 is 40.9 Å². The van der Waals surface area contributed by atoms with Crippen molar-refractivity contribution in [1.82, 2.24) is 19.8 Å². The topological polar surface area (TPSA) is 77.0 Å². The van der Waals surface area contributed by atoms with Gasteiger partial charge in [-0.3, -0.25) is 4.79 Å². The Hall–Kier alpha value is -1.44. The molecule has 1 aromatic carbocycles. The van der Waals surface area contributed by atoms with E-state index in [1.54, 1.807) is 18.2 Å². The van der Waals surface area contributed by atoms with E-state index in [1.807, 2.05) is 4.90 Å². The van der Waals surface area contributed by atoms with Crippen molar-refractivity contribution in [3.63, 3.8) is 0 Å². The van der Waals surface area contributed by atoms with Gasteiger partial charge in [-0.2, -0.15) is 0 Å². The zero-order valence-corrected chi connectivity index (χ0v) is 15.2. The molecule has 0 spiro atoms. The molecular formula is C15H17Cl2N5OS. The lowest BCUT2D eigenvalue weighted by Gasteiger charge is -2.26. The molecule has 0 radical (unpaired) electrons. The number of aromatic nitrogens is 3. The third-order valence-electron chi connectivity index (χ3n) is 3.87. The number of benzene rings is 1. The lowest BCUT2D eigenvalue weighted by molar-refractivity contribution is -0.129. The summed E-state index contributed by atoms with van der Waals surface area (Å²) in [5.74, 6) is 6.87. The van der Waals surface area contributed by atoms with E-state index >= 15 is 0 Å². The van der Waals surface area contributed by atoms with Crippen molar-refractivity contribution in [2.75, 3.05) is 24.7 Å². The molecule has 1 saturated heterocycles. The quantitative estimate of drug-likeness (QED) is 0.646. The molecule has 3 rings (SSSR count). The Morgan fingerprint density at radius 2 is 1.96 bits per heavy atom. The highest BCUT2D eigenvalue weighted by Gasteiger charge is 2.19. The molecule has 1 fully saturated rings. The Morgan fingerprint density at radius 1 is 1.21 bits per heavy atom. The number of carbonyl (C=O) groups excluding carboxylic acids is 1. The predicted octanol–water partition coefficient (Wildman–Crippen LogP) is 3.07. The molecule has 9 heteroatoms. The second-order valence-electron chi connectivity index (χ2n) is 5.53. The van der Waals surface area contributed by atoms with Gasteiger partial charge in [-0.25, -0.2) is 4.68 Å². The fourth-order valence-corrected chi connectivity index (χ4v) is 3.72. The molecule has 1 amide bonds. The molecule has 0 aliphatic carbocycles. The normalized spacial score (nSPS) is 14.8. The van der Waals surface area contributed by atoms with Crippen LogP contribution in [0.25, 0.3) is 11.4 Å². The van der Waals surface area contributed by atoms with Crippen molar-refractivity contribution in [3.05, 3.63) is 28.2 Å². The van der Waals surface area contributed by atoms with E-state index in [1.165, 1.54) is 22.9 Å². The van der Waals surface area contributed by atoms with Gasteiger partial charge in [0.25, 0.3) is 0 Å². The summed E-state index contributed by atoms with van der Waals surface area (Å²) >= 11 is 13.5. The first kappa shape index (κ1) is 17.4. The third kappa shape index (κ3) is 3.79. The SMILES string of the molecule is Nn1c(SCC(=O)N2CCCCC2)nnc1-c1cc(Cl)ccc1Cl. The summed E-state index contributed by atoms with van der Waals surface area (Å²) in [5.41, 5.74) is 0.605. The monoisotopic (exact) mass is 385 g/mol. The molecule has 1 aliphatic rings. The van der Waals surface area contributed by atoms with Crippen LogP contribution in [-0.4, -0.2) is 44.5 Å². The van der Waals surface area contributed by atoms with Crippen LogP contribution >= 0.6 is 35.0 Å². The number of halogens is 2. The van der Waals surface area contributed by atoms with Crippen LogP contribution in [0.3, 0.4) is 0 Å². The summed E-state index contributed by atoms with van der Waals surface area (Å²) < 4.78 is 1.34. The van der Waals surface area contributed by atoms with Gasteiger partial charge >= 0.3 is 0 Å². The van der Waals surface area contributed by atoms with Crippen LogP contribution in [0.5, 0.6) is 0 Å². The van der Waals surface area contributed by atoms with Gasteiger partial charge in [-0.15, -0.1) is 10.2 Å². The second kappa shape index (κ2) is 7.63. The summed E-state index contributed by atoms with van der Waals surface area (Å²) in [6.45, 7) is 1.66. The third-order valence-corrected chi connectivity index (χ3v) is 5.36. The molecular weight excluding hydrogens is 369 g/mol. The number of likely N-dealkylation sites (tertiary alicyclic amines) is 1. The fourth-order valence-electron chi connectivity index (χ4n) is 2.59. The zero-order chi connectivity index (χ0) is 17.1. The highest BCUT2D eigenvalue weighted by molar-refractivity contribution is 7.99. The van der Waals surface area contributed by atoms with Gasteiger partial charge in [0.1, 0.15) is 0 Å². The second-order valence-corrected chi connectivity index (χ2v) is 7.32. The maximum absolute atomic E-state index is 12.2. The standard InChI is InChI=1S/C15H17Cl2N5OS/c16-10-4-5-12(17)11(8-10)14-19-20-15(22(14)18)24-9-13(23)21-6-2-1-3-7-21/h4-5,8H,1-3,6-7,9,18H2. The van der Waals surface area contributed by atoms with Crippen LogP contribution in [-0.2, 0) is 4.79 Å². The molecule has 24 heavy (non-hydrogen) atoms. The van der Waals surface area contributed by atoms with E-state index in [-0.39, 0.29) is 5.91 Å². The van der Waals surface area contributed by atoms with Crippen LogP contribution in [0.1, 0.15) is 19.3 Å². The summed E-state index contributed by atoms with van der Waals surface area (Å²) in [7, 11) is 0. The number of hydrogen-bond acceptors (Lipinski definition) is 5. The summed E-state index contributed by atoms with van der Waals surface area (Å²) in [5, 5.41) is 9.62. The minimum absolute atomic E-state index is 0.102. The first-order valence-corrected chi connectivity index (χ1v) is 9.37. The van der Waals surface area contributed by atoms with Gasteiger partial charge in [0.05, 0.1) is 10.8 Å². The van der Waals surface area contributed by atoms with Gasteiger partial charge in [-0.05, 0) is 37.5 Å². The lowest BCUT2D eigenvalue weighted by Crippen LogP contribution is -2.36. The molecule has 1 aromatic heterocycles. The van der Waals surface area contributed by atoms with E-state index in [4.69, 9.17) is 29.0 Å². The first-order chi connectivity index (χ1) is 11.6. The Kier molecular flexibility index (Phi) is 5.53. The summed E-state index contributed by atoms with van der Waals surface area (Å²) in [6.07, 6.45) is 3.33. The Balaban J connectivity index is 1.71. The van der Waals surface area contributed by atoms with E-state index in [2.05, 4.69) is 10.2 Å². The maximum atomic E-state index is 12.2. The Labute approximate surface area is 154 Å². The summed E-state index contributed by atoms with van der Waals surface area (Å²) in [6, 6.07) is 5.06. The molecule has 2 heterocycles. The van der Waals surface area contributed by atoms with Crippen molar-refractivity contribution in [2.24, 2.45) is 0 Å². The van der Waals surface area contributed by atoms with Crippen molar-refractivity contribution in [1.29, 1.82) is 0 Å². The van der Waals surface area contributed by atoms with Crippen molar-refractivity contribution < 1.29 is 4.79 Å². The number of carbonyl (C=O) groups is 1. The number of rotatable bonds is 4. The number of nitrogen functional groups attached to an aromatic ring is 1. The van der Waals surface area contributed by atoms with Crippen molar-refractivity contribution in [2.45, 2.75) is 24.4 Å². The van der Waals surface area contributed by atoms with E-state index in [0.717, 1.165) is 25.9 Å². The molecule has 6 nitrogen and oxygen atoms in total. The number of nitrogens with two attached hydrogens (primary N) is 1. The molecule has 2 aromatic rings. The number of piperidine rings is 1. The minimum Gasteiger partial charge on any atom is -0.342 e. The van der Waals surface area contributed by atoms with E-state index in [9.17, 15) is 4.79 Å².